The Balaban J connectivity index is 2.74. The second-order valence-electron chi connectivity index (χ2n) is 2.04. The maximum Gasteiger partial charge on any atom is 0.121 e. The maximum atomic E-state index is 5.01. The van der Waals surface area contributed by atoms with E-state index in [-0.39, 0.29) is 0 Å². The van der Waals surface area contributed by atoms with Crippen molar-refractivity contribution in [3.8, 4) is 5.75 Å². The van der Waals surface area contributed by atoms with Gasteiger partial charge in [-0.05, 0) is 12.1 Å². The molecule has 1 rings (SSSR count). The quantitative estimate of drug-likeness (QED) is 0.670. The molecule has 0 radical (unpaired) electrons. The van der Waals surface area contributed by atoms with Crippen LogP contribution >= 0.6 is 0 Å². The maximum absolute atomic E-state index is 5.01. The van der Waals surface area contributed by atoms with E-state index in [4.69, 9.17) is 9.57 Å². The lowest BCUT2D eigenvalue weighted by Crippen LogP contribution is -1.95. The summed E-state index contributed by atoms with van der Waals surface area (Å²) in [5.74, 6) is 0.812. The Labute approximate surface area is 65.9 Å². The van der Waals surface area contributed by atoms with Gasteiger partial charge in [-0.25, -0.2) is 0 Å². The van der Waals surface area contributed by atoms with Crippen LogP contribution in [0, 0.1) is 0 Å². The van der Waals surface area contributed by atoms with Gasteiger partial charge in [0.25, 0.3) is 0 Å². The van der Waals surface area contributed by atoms with Gasteiger partial charge in [-0.3, -0.25) is 10.3 Å². The van der Waals surface area contributed by atoms with Gasteiger partial charge in [0.15, 0.2) is 0 Å². The van der Waals surface area contributed by atoms with Crippen molar-refractivity contribution < 1.29 is 9.57 Å². The van der Waals surface area contributed by atoms with E-state index in [1.165, 1.54) is 0 Å². The molecule has 0 saturated heterocycles. The van der Waals surface area contributed by atoms with Crippen molar-refractivity contribution in [1.29, 1.82) is 0 Å². The zero-order valence-electron chi connectivity index (χ0n) is 6.63. The molecule has 0 bridgehead atoms. The number of anilines is 1. The molecule has 0 fully saturated rings. The Morgan fingerprint density at radius 3 is 2.73 bits per heavy atom. The van der Waals surface area contributed by atoms with Crippen LogP contribution in [-0.2, 0) is 4.84 Å². The molecule has 1 aromatic rings. The molecule has 11 heavy (non-hydrogen) atoms. The van der Waals surface area contributed by atoms with Crippen LogP contribution in [0.3, 0.4) is 0 Å². The molecule has 0 heterocycles. The van der Waals surface area contributed by atoms with E-state index < -0.39 is 0 Å². The van der Waals surface area contributed by atoms with Gasteiger partial charge in [-0.2, -0.15) is 0 Å². The van der Waals surface area contributed by atoms with Crippen LogP contribution in [0.5, 0.6) is 5.75 Å². The topological polar surface area (TPSA) is 30.5 Å². The molecule has 0 aliphatic rings. The normalized spacial score (nSPS) is 9.27. The first-order valence-corrected chi connectivity index (χ1v) is 3.30. The summed E-state index contributed by atoms with van der Waals surface area (Å²) in [6, 6.07) is 7.51. The van der Waals surface area contributed by atoms with E-state index in [0.29, 0.717) is 0 Å². The molecule has 0 aliphatic carbocycles. The Morgan fingerprint density at radius 2 is 2.09 bits per heavy atom. The minimum Gasteiger partial charge on any atom is -0.497 e. The highest BCUT2D eigenvalue weighted by molar-refractivity contribution is 5.46. The number of benzene rings is 1. The summed E-state index contributed by atoms with van der Waals surface area (Å²) in [5, 5.41) is 0. The first-order chi connectivity index (χ1) is 5.36. The fourth-order valence-corrected chi connectivity index (χ4v) is 0.804. The van der Waals surface area contributed by atoms with Crippen molar-refractivity contribution in [2.45, 2.75) is 0 Å². The fraction of sp³-hybridized carbons (Fsp3) is 0.250. The van der Waals surface area contributed by atoms with E-state index in [2.05, 4.69) is 5.48 Å². The van der Waals surface area contributed by atoms with Gasteiger partial charge >= 0.3 is 0 Å². The van der Waals surface area contributed by atoms with Crippen LogP contribution in [0.15, 0.2) is 24.3 Å². The van der Waals surface area contributed by atoms with Gasteiger partial charge in [0.2, 0.25) is 0 Å². The third kappa shape index (κ3) is 2.13. The van der Waals surface area contributed by atoms with Crippen LogP contribution in [-0.4, -0.2) is 14.2 Å². The molecule has 3 heteroatoms. The Hall–Kier alpha value is -1.22. The molecule has 0 saturated carbocycles. The molecule has 1 N–H and O–H groups in total. The minimum atomic E-state index is 0.812. The molecular formula is C8H11NO2. The Kier molecular flexibility index (Phi) is 2.74. The summed E-state index contributed by atoms with van der Waals surface area (Å²) < 4.78 is 5.01. The number of rotatable bonds is 3. The van der Waals surface area contributed by atoms with Crippen molar-refractivity contribution in [2.75, 3.05) is 19.7 Å². The Bertz CT molecular complexity index is 225. The van der Waals surface area contributed by atoms with Crippen LogP contribution in [0.25, 0.3) is 0 Å². The number of hydrogen-bond donors (Lipinski definition) is 1. The molecule has 0 atom stereocenters. The van der Waals surface area contributed by atoms with Crippen LogP contribution in [0.2, 0.25) is 0 Å². The molecule has 0 amide bonds. The molecule has 1 aromatic carbocycles. The molecule has 0 aromatic heterocycles. The standard InChI is InChI=1S/C8H11NO2/c1-10-8-5-3-4-7(6-8)9-11-2/h3-6,9H,1-2H3. The van der Waals surface area contributed by atoms with Crippen molar-refractivity contribution in [3.63, 3.8) is 0 Å². The van der Waals surface area contributed by atoms with E-state index in [1.807, 2.05) is 24.3 Å². The lowest BCUT2D eigenvalue weighted by atomic mass is 10.3. The summed E-state index contributed by atoms with van der Waals surface area (Å²) >= 11 is 0. The number of nitrogens with one attached hydrogen (secondary N) is 1. The smallest absolute Gasteiger partial charge is 0.121 e. The predicted octanol–water partition coefficient (Wildman–Crippen LogP) is 1.67. The van der Waals surface area contributed by atoms with E-state index >= 15 is 0 Å². The zero-order valence-corrected chi connectivity index (χ0v) is 6.63. The van der Waals surface area contributed by atoms with Crippen LogP contribution in [0.4, 0.5) is 5.69 Å². The molecule has 60 valence electrons. The highest BCUT2D eigenvalue weighted by atomic mass is 16.6. The van der Waals surface area contributed by atoms with Gasteiger partial charge in [-0.15, -0.1) is 0 Å². The third-order valence-electron chi connectivity index (χ3n) is 1.29. The van der Waals surface area contributed by atoms with Crippen molar-refractivity contribution in [2.24, 2.45) is 0 Å². The summed E-state index contributed by atoms with van der Waals surface area (Å²) in [7, 11) is 3.20. The average Bonchev–Trinajstić information content (AvgIpc) is 2.06. The largest absolute Gasteiger partial charge is 0.497 e. The number of methoxy groups -OCH3 is 1. The fourth-order valence-electron chi connectivity index (χ4n) is 0.804. The monoisotopic (exact) mass is 153 g/mol. The summed E-state index contributed by atoms with van der Waals surface area (Å²) in [6.45, 7) is 0. The SMILES string of the molecule is CONc1cccc(OC)c1. The molecule has 3 nitrogen and oxygen atoms in total. The lowest BCUT2D eigenvalue weighted by molar-refractivity contribution is 0.270. The second kappa shape index (κ2) is 3.83. The lowest BCUT2D eigenvalue weighted by Gasteiger charge is -2.04. The second-order valence-corrected chi connectivity index (χ2v) is 2.04. The summed E-state index contributed by atoms with van der Waals surface area (Å²) in [5.41, 5.74) is 3.58. The molecule has 0 spiro atoms. The highest BCUT2D eigenvalue weighted by Gasteiger charge is 1.92. The molecular weight excluding hydrogens is 142 g/mol. The van der Waals surface area contributed by atoms with Crippen molar-refractivity contribution >= 4 is 5.69 Å². The van der Waals surface area contributed by atoms with Gasteiger partial charge < -0.3 is 4.74 Å². The van der Waals surface area contributed by atoms with Gasteiger partial charge in [0.05, 0.1) is 19.9 Å². The Morgan fingerprint density at radius 1 is 1.27 bits per heavy atom. The third-order valence-corrected chi connectivity index (χ3v) is 1.29. The predicted molar refractivity (Wildman–Crippen MR) is 43.6 cm³/mol. The zero-order chi connectivity index (χ0) is 8.10. The van der Waals surface area contributed by atoms with Crippen molar-refractivity contribution in [3.05, 3.63) is 24.3 Å². The van der Waals surface area contributed by atoms with Gasteiger partial charge in [-0.1, -0.05) is 6.07 Å². The van der Waals surface area contributed by atoms with Gasteiger partial charge in [0.1, 0.15) is 5.75 Å². The summed E-state index contributed by atoms with van der Waals surface area (Å²) in [6.07, 6.45) is 0. The van der Waals surface area contributed by atoms with E-state index in [0.717, 1.165) is 11.4 Å². The van der Waals surface area contributed by atoms with Crippen molar-refractivity contribution in [1.82, 2.24) is 0 Å². The van der Waals surface area contributed by atoms with Crippen LogP contribution in [0.1, 0.15) is 0 Å². The van der Waals surface area contributed by atoms with Gasteiger partial charge in [0, 0.05) is 6.07 Å². The highest BCUT2D eigenvalue weighted by Crippen LogP contribution is 2.15. The van der Waals surface area contributed by atoms with E-state index in [1.54, 1.807) is 14.2 Å². The van der Waals surface area contributed by atoms with Crippen LogP contribution < -0.4 is 10.2 Å². The first kappa shape index (κ1) is 7.88. The summed E-state index contributed by atoms with van der Waals surface area (Å²) in [4.78, 5) is 4.72. The minimum absolute atomic E-state index is 0.812. The average molecular weight is 153 g/mol. The first-order valence-electron chi connectivity index (χ1n) is 3.30. The molecule has 0 aliphatic heterocycles. The molecule has 0 unspecified atom stereocenters. The number of hydrogen-bond acceptors (Lipinski definition) is 3. The van der Waals surface area contributed by atoms with E-state index in [9.17, 15) is 0 Å². The number of ether oxygens (including phenoxy) is 1.